The highest BCUT2D eigenvalue weighted by Gasteiger charge is 2.39. The molecular formula is C19H14ClN3O2. The second kappa shape index (κ2) is 5.43. The van der Waals surface area contributed by atoms with Crippen molar-refractivity contribution in [1.29, 1.82) is 0 Å². The van der Waals surface area contributed by atoms with E-state index in [4.69, 9.17) is 20.9 Å². The molecule has 6 heteroatoms. The van der Waals surface area contributed by atoms with Crippen molar-refractivity contribution in [2.45, 2.75) is 24.9 Å². The molecular weight excluding hydrogens is 338 g/mol. The van der Waals surface area contributed by atoms with Crippen LogP contribution in [0.5, 0.6) is 5.88 Å². The predicted octanol–water partition coefficient (Wildman–Crippen LogP) is 4.78. The first-order valence-electron chi connectivity index (χ1n) is 8.19. The van der Waals surface area contributed by atoms with Crippen molar-refractivity contribution in [3.05, 3.63) is 53.2 Å². The number of halogens is 1. The molecule has 0 atom stereocenters. The molecule has 0 amide bonds. The molecule has 3 aromatic rings. The topological polar surface area (TPSA) is 61.0 Å². The lowest BCUT2D eigenvalue weighted by molar-refractivity contribution is 0.0337. The Morgan fingerprint density at radius 3 is 2.68 bits per heavy atom. The van der Waals surface area contributed by atoms with E-state index in [2.05, 4.69) is 27.3 Å². The highest BCUT2D eigenvalue weighted by molar-refractivity contribution is 6.30. The Balaban J connectivity index is 1.46. The van der Waals surface area contributed by atoms with Gasteiger partial charge in [0.25, 0.3) is 5.89 Å². The summed E-state index contributed by atoms with van der Waals surface area (Å²) >= 11 is 5.91. The van der Waals surface area contributed by atoms with Gasteiger partial charge in [-0.25, -0.2) is 4.98 Å². The Kier molecular flexibility index (Phi) is 3.18. The molecule has 1 spiro atoms. The zero-order chi connectivity index (χ0) is 16.9. The van der Waals surface area contributed by atoms with Gasteiger partial charge >= 0.3 is 0 Å². The van der Waals surface area contributed by atoms with E-state index in [0.717, 1.165) is 29.5 Å². The van der Waals surface area contributed by atoms with E-state index >= 15 is 0 Å². The number of pyridine rings is 1. The summed E-state index contributed by atoms with van der Waals surface area (Å²) in [6.45, 7) is 0. The molecule has 5 nitrogen and oxygen atoms in total. The van der Waals surface area contributed by atoms with Crippen molar-refractivity contribution < 1.29 is 9.26 Å². The van der Waals surface area contributed by atoms with Crippen LogP contribution >= 0.6 is 11.6 Å². The van der Waals surface area contributed by atoms with Crippen LogP contribution in [0.2, 0.25) is 5.02 Å². The molecule has 0 N–H and O–H groups in total. The van der Waals surface area contributed by atoms with Gasteiger partial charge in [-0.2, -0.15) is 4.98 Å². The number of hydrogen-bond donors (Lipinski definition) is 0. The molecule has 1 aliphatic carbocycles. The summed E-state index contributed by atoms with van der Waals surface area (Å²) in [6.07, 6.45) is 9.26. The molecule has 0 radical (unpaired) electrons. The zero-order valence-corrected chi connectivity index (χ0v) is 14.0. The van der Waals surface area contributed by atoms with E-state index in [-0.39, 0.29) is 5.60 Å². The maximum atomic E-state index is 6.06. The van der Waals surface area contributed by atoms with Crippen LogP contribution in [0.25, 0.3) is 28.9 Å². The largest absolute Gasteiger partial charge is 0.466 e. The maximum absolute atomic E-state index is 6.06. The van der Waals surface area contributed by atoms with Crippen molar-refractivity contribution in [2.24, 2.45) is 0 Å². The molecule has 124 valence electrons. The Morgan fingerprint density at radius 2 is 1.92 bits per heavy atom. The molecule has 25 heavy (non-hydrogen) atoms. The Morgan fingerprint density at radius 1 is 1.08 bits per heavy atom. The monoisotopic (exact) mass is 351 g/mol. The van der Waals surface area contributed by atoms with E-state index in [1.807, 2.05) is 18.2 Å². The van der Waals surface area contributed by atoms with Gasteiger partial charge in [0.15, 0.2) is 0 Å². The minimum absolute atomic E-state index is 0.130. The Labute approximate surface area is 149 Å². The third-order valence-electron chi connectivity index (χ3n) is 4.72. The SMILES string of the molecule is Clc1ccc(-c2nc(-c3cnc4c(c3)C=CC3(CCC3)O4)no2)cc1. The fraction of sp³-hybridized carbons (Fsp3) is 0.211. The van der Waals surface area contributed by atoms with Crippen LogP contribution in [0.1, 0.15) is 24.8 Å². The average Bonchev–Trinajstić information content (AvgIpc) is 3.10. The van der Waals surface area contributed by atoms with Crippen molar-refractivity contribution in [3.8, 4) is 28.7 Å². The molecule has 0 saturated heterocycles. The lowest BCUT2D eigenvalue weighted by Crippen LogP contribution is -2.42. The molecule has 0 bridgehead atoms. The van der Waals surface area contributed by atoms with Gasteiger partial charge in [-0.05, 0) is 61.7 Å². The lowest BCUT2D eigenvalue weighted by atomic mass is 9.78. The molecule has 5 rings (SSSR count). The number of fused-ring (bicyclic) bond motifs is 1. The summed E-state index contributed by atoms with van der Waals surface area (Å²) in [5.41, 5.74) is 2.42. The van der Waals surface area contributed by atoms with Crippen LogP contribution in [-0.4, -0.2) is 20.7 Å². The molecule has 2 aliphatic rings. The molecule has 3 heterocycles. The first-order chi connectivity index (χ1) is 12.2. The summed E-state index contributed by atoms with van der Waals surface area (Å²) in [5.74, 6) is 1.62. The number of aromatic nitrogens is 3. The van der Waals surface area contributed by atoms with Gasteiger partial charge in [0.05, 0.1) is 0 Å². The first kappa shape index (κ1) is 14.7. The zero-order valence-electron chi connectivity index (χ0n) is 13.3. The molecule has 1 aliphatic heterocycles. The summed E-state index contributed by atoms with van der Waals surface area (Å²) in [7, 11) is 0. The van der Waals surface area contributed by atoms with Crippen molar-refractivity contribution in [3.63, 3.8) is 0 Å². The number of hydrogen-bond acceptors (Lipinski definition) is 5. The van der Waals surface area contributed by atoms with E-state index in [1.165, 1.54) is 6.42 Å². The minimum atomic E-state index is -0.130. The minimum Gasteiger partial charge on any atom is -0.466 e. The van der Waals surface area contributed by atoms with E-state index < -0.39 is 0 Å². The van der Waals surface area contributed by atoms with Gasteiger partial charge < -0.3 is 9.26 Å². The molecule has 0 unspecified atom stereocenters. The Hall–Kier alpha value is -2.66. The van der Waals surface area contributed by atoms with Crippen molar-refractivity contribution in [2.75, 3.05) is 0 Å². The van der Waals surface area contributed by atoms with E-state index in [9.17, 15) is 0 Å². The highest BCUT2D eigenvalue weighted by Crippen LogP contribution is 2.42. The fourth-order valence-corrected chi connectivity index (χ4v) is 3.23. The third kappa shape index (κ3) is 2.51. The molecule has 2 aromatic heterocycles. The van der Waals surface area contributed by atoms with Gasteiger partial charge in [-0.1, -0.05) is 16.8 Å². The molecule has 1 aromatic carbocycles. The van der Waals surface area contributed by atoms with Crippen molar-refractivity contribution in [1.82, 2.24) is 15.1 Å². The fourth-order valence-electron chi connectivity index (χ4n) is 3.11. The van der Waals surface area contributed by atoms with Crippen LogP contribution in [0, 0.1) is 0 Å². The lowest BCUT2D eigenvalue weighted by Gasteiger charge is -2.41. The summed E-state index contributed by atoms with van der Waals surface area (Å²) in [4.78, 5) is 8.91. The summed E-state index contributed by atoms with van der Waals surface area (Å²) < 4.78 is 11.4. The predicted molar refractivity (Wildman–Crippen MR) is 94.2 cm³/mol. The average molecular weight is 352 g/mol. The van der Waals surface area contributed by atoms with Crippen LogP contribution in [0.3, 0.4) is 0 Å². The van der Waals surface area contributed by atoms with Crippen LogP contribution in [0.15, 0.2) is 47.1 Å². The first-order valence-corrected chi connectivity index (χ1v) is 8.57. The third-order valence-corrected chi connectivity index (χ3v) is 4.97. The number of nitrogens with zero attached hydrogens (tertiary/aromatic N) is 3. The maximum Gasteiger partial charge on any atom is 0.258 e. The standard InChI is InChI=1S/C19H14ClN3O2/c20-15-4-2-12(3-5-15)18-22-16(23-25-18)14-10-13-6-9-19(7-1-8-19)24-17(13)21-11-14/h2-6,9-11H,1,7-8H2. The number of ether oxygens (including phenoxy) is 1. The van der Waals surface area contributed by atoms with Gasteiger partial charge in [0.1, 0.15) is 5.60 Å². The smallest absolute Gasteiger partial charge is 0.258 e. The number of rotatable bonds is 2. The number of benzene rings is 1. The summed E-state index contributed by atoms with van der Waals surface area (Å²) in [5, 5.41) is 4.73. The molecule has 1 saturated carbocycles. The molecule has 1 fully saturated rings. The Bertz CT molecular complexity index is 975. The van der Waals surface area contributed by atoms with Gasteiger partial charge in [0.2, 0.25) is 11.7 Å². The van der Waals surface area contributed by atoms with E-state index in [0.29, 0.717) is 22.6 Å². The normalized spacial score (nSPS) is 17.0. The van der Waals surface area contributed by atoms with Crippen LogP contribution < -0.4 is 4.74 Å². The van der Waals surface area contributed by atoms with Gasteiger partial charge in [-0.3, -0.25) is 0 Å². The second-order valence-corrected chi connectivity index (χ2v) is 6.84. The summed E-state index contributed by atoms with van der Waals surface area (Å²) in [6, 6.07) is 9.25. The highest BCUT2D eigenvalue weighted by atomic mass is 35.5. The van der Waals surface area contributed by atoms with Gasteiger partial charge in [-0.15, -0.1) is 0 Å². The van der Waals surface area contributed by atoms with Crippen LogP contribution in [-0.2, 0) is 0 Å². The quantitative estimate of drug-likeness (QED) is 0.664. The van der Waals surface area contributed by atoms with Crippen LogP contribution in [0.4, 0.5) is 0 Å². The van der Waals surface area contributed by atoms with Crippen molar-refractivity contribution >= 4 is 17.7 Å². The second-order valence-electron chi connectivity index (χ2n) is 6.40. The van der Waals surface area contributed by atoms with Gasteiger partial charge in [0, 0.05) is 27.9 Å². The van der Waals surface area contributed by atoms with E-state index in [1.54, 1.807) is 18.3 Å².